The zero-order chi connectivity index (χ0) is 14.3. The topological polar surface area (TPSA) is 39.1 Å². The van der Waals surface area contributed by atoms with Crippen LogP contribution < -0.4 is 5.32 Å². The molecular weight excluding hydrogens is 271 g/mol. The van der Waals surface area contributed by atoms with E-state index in [0.29, 0.717) is 44.7 Å². The van der Waals surface area contributed by atoms with E-state index in [4.69, 9.17) is 4.74 Å². The maximum absolute atomic E-state index is 13.3. The third kappa shape index (κ3) is 2.44. The third-order valence-electron chi connectivity index (χ3n) is 4.00. The van der Waals surface area contributed by atoms with Crippen LogP contribution in [-0.4, -0.2) is 28.8 Å². The van der Waals surface area contributed by atoms with Gasteiger partial charge < -0.3 is 14.6 Å². The lowest BCUT2D eigenvalue weighted by Gasteiger charge is -2.31. The zero-order valence-electron chi connectivity index (χ0n) is 11.3. The van der Waals surface area contributed by atoms with Gasteiger partial charge in [-0.25, -0.2) is 4.98 Å². The molecule has 0 spiro atoms. The summed E-state index contributed by atoms with van der Waals surface area (Å²) >= 11 is 0. The molecule has 0 radical (unpaired) electrons. The number of aromatic nitrogens is 2. The van der Waals surface area contributed by atoms with Crippen molar-refractivity contribution in [2.45, 2.75) is 51.1 Å². The highest BCUT2D eigenvalue weighted by molar-refractivity contribution is 5.23. The molecule has 0 saturated carbocycles. The van der Waals surface area contributed by atoms with Crippen LogP contribution in [0.3, 0.4) is 0 Å². The van der Waals surface area contributed by atoms with E-state index in [2.05, 4.69) is 10.3 Å². The van der Waals surface area contributed by atoms with Crippen LogP contribution in [0.2, 0.25) is 0 Å². The van der Waals surface area contributed by atoms with Gasteiger partial charge in [0.1, 0.15) is 0 Å². The molecule has 2 atom stereocenters. The number of alkyl halides is 3. The van der Waals surface area contributed by atoms with Crippen molar-refractivity contribution in [1.29, 1.82) is 0 Å². The fourth-order valence-corrected chi connectivity index (χ4v) is 3.14. The monoisotopic (exact) mass is 289 g/mol. The fraction of sp³-hybridized carbons (Fsp3) is 0.769. The second kappa shape index (κ2) is 5.04. The number of hydrogen-bond donors (Lipinski definition) is 1. The Balaban J connectivity index is 2.04. The maximum Gasteiger partial charge on any atom is 0.449 e. The van der Waals surface area contributed by atoms with Gasteiger partial charge in [-0.05, 0) is 19.8 Å². The van der Waals surface area contributed by atoms with E-state index in [1.165, 1.54) is 4.57 Å². The van der Waals surface area contributed by atoms with Gasteiger partial charge in [-0.1, -0.05) is 0 Å². The summed E-state index contributed by atoms with van der Waals surface area (Å²) in [6.07, 6.45) is -2.58. The molecule has 3 heterocycles. The molecule has 4 nitrogen and oxygen atoms in total. The Hall–Kier alpha value is -1.08. The van der Waals surface area contributed by atoms with Gasteiger partial charge in [0.2, 0.25) is 5.82 Å². The number of ether oxygens (including phenoxy) is 1. The van der Waals surface area contributed by atoms with Gasteiger partial charge >= 0.3 is 6.18 Å². The Bertz CT molecular complexity index is 498. The summed E-state index contributed by atoms with van der Waals surface area (Å²) in [4.78, 5) is 3.86. The number of imidazole rings is 1. The number of hydrogen-bond acceptors (Lipinski definition) is 3. The van der Waals surface area contributed by atoms with Gasteiger partial charge in [-0.15, -0.1) is 0 Å². The molecule has 0 aromatic carbocycles. The molecule has 2 aliphatic rings. The largest absolute Gasteiger partial charge is 0.449 e. The maximum atomic E-state index is 13.3. The third-order valence-corrected chi connectivity index (χ3v) is 4.00. The Morgan fingerprint density at radius 2 is 2.20 bits per heavy atom. The Labute approximate surface area is 115 Å². The van der Waals surface area contributed by atoms with Gasteiger partial charge in [-0.2, -0.15) is 13.2 Å². The van der Waals surface area contributed by atoms with Crippen LogP contribution in [0.15, 0.2) is 0 Å². The predicted molar refractivity (Wildman–Crippen MR) is 66.3 cm³/mol. The van der Waals surface area contributed by atoms with E-state index >= 15 is 0 Å². The van der Waals surface area contributed by atoms with Gasteiger partial charge in [0.25, 0.3) is 0 Å². The van der Waals surface area contributed by atoms with Crippen molar-refractivity contribution in [2.75, 3.05) is 13.2 Å². The number of nitrogens with zero attached hydrogens (tertiary/aromatic N) is 2. The highest BCUT2D eigenvalue weighted by Gasteiger charge is 2.41. The van der Waals surface area contributed by atoms with E-state index < -0.39 is 12.0 Å². The number of halogens is 3. The van der Waals surface area contributed by atoms with Crippen molar-refractivity contribution in [3.63, 3.8) is 0 Å². The molecule has 112 valence electrons. The number of nitrogens with one attached hydrogen (secondary N) is 1. The van der Waals surface area contributed by atoms with Gasteiger partial charge in [0, 0.05) is 37.9 Å². The lowest BCUT2D eigenvalue weighted by molar-refractivity contribution is -0.149. The lowest BCUT2D eigenvalue weighted by atomic mass is 10.0. The van der Waals surface area contributed by atoms with Crippen LogP contribution in [0.5, 0.6) is 0 Å². The van der Waals surface area contributed by atoms with E-state index in [0.717, 1.165) is 5.69 Å². The minimum atomic E-state index is -4.40. The fourth-order valence-electron chi connectivity index (χ4n) is 3.14. The van der Waals surface area contributed by atoms with Crippen molar-refractivity contribution in [1.82, 2.24) is 14.9 Å². The van der Waals surface area contributed by atoms with Crippen molar-refractivity contribution < 1.29 is 17.9 Å². The van der Waals surface area contributed by atoms with Crippen molar-refractivity contribution in [3.05, 3.63) is 17.2 Å². The molecule has 0 aliphatic carbocycles. The standard InChI is InChI=1S/C13H18F3N3O/c1-8-6-9(3-5-20-8)19-11-2-4-17-7-10(11)18-12(19)13(14,15)16/h8-9,17H,2-7H2,1H3. The van der Waals surface area contributed by atoms with E-state index in [9.17, 15) is 13.2 Å². The van der Waals surface area contributed by atoms with E-state index in [1.54, 1.807) is 0 Å². The minimum absolute atomic E-state index is 0.00500. The lowest BCUT2D eigenvalue weighted by Crippen LogP contribution is -2.31. The average molecular weight is 289 g/mol. The van der Waals surface area contributed by atoms with Crippen molar-refractivity contribution in [2.24, 2.45) is 0 Å². The summed E-state index contributed by atoms with van der Waals surface area (Å²) in [6, 6.07) is -0.162. The summed E-state index contributed by atoms with van der Waals surface area (Å²) in [7, 11) is 0. The second-order valence-corrected chi connectivity index (χ2v) is 5.48. The Kier molecular flexibility index (Phi) is 3.50. The van der Waals surface area contributed by atoms with Gasteiger partial charge in [0.15, 0.2) is 0 Å². The minimum Gasteiger partial charge on any atom is -0.378 e. The molecule has 1 fully saturated rings. The van der Waals surface area contributed by atoms with Crippen LogP contribution >= 0.6 is 0 Å². The predicted octanol–water partition coefficient (Wildman–Crippen LogP) is 2.29. The molecule has 0 amide bonds. The number of fused-ring (bicyclic) bond motifs is 1. The van der Waals surface area contributed by atoms with Crippen LogP contribution in [0.1, 0.15) is 43.0 Å². The molecule has 1 aromatic rings. The highest BCUT2D eigenvalue weighted by Crippen LogP contribution is 2.37. The van der Waals surface area contributed by atoms with Crippen LogP contribution in [0, 0.1) is 0 Å². The van der Waals surface area contributed by atoms with Crippen molar-refractivity contribution in [3.8, 4) is 0 Å². The van der Waals surface area contributed by atoms with Crippen LogP contribution in [0.4, 0.5) is 13.2 Å². The first-order chi connectivity index (χ1) is 9.47. The first-order valence-corrected chi connectivity index (χ1v) is 6.96. The van der Waals surface area contributed by atoms with Crippen LogP contribution in [-0.2, 0) is 23.9 Å². The zero-order valence-corrected chi connectivity index (χ0v) is 11.3. The molecule has 1 aromatic heterocycles. The molecule has 2 aliphatic heterocycles. The molecule has 1 saturated heterocycles. The Morgan fingerprint density at radius 1 is 1.40 bits per heavy atom. The molecule has 3 rings (SSSR count). The van der Waals surface area contributed by atoms with Crippen molar-refractivity contribution >= 4 is 0 Å². The smallest absolute Gasteiger partial charge is 0.378 e. The van der Waals surface area contributed by atoms with Crippen LogP contribution in [0.25, 0.3) is 0 Å². The van der Waals surface area contributed by atoms with Gasteiger partial charge in [0.05, 0.1) is 11.8 Å². The normalized spacial score (nSPS) is 27.4. The average Bonchev–Trinajstić information content (AvgIpc) is 2.78. The summed E-state index contributed by atoms with van der Waals surface area (Å²) in [5.41, 5.74) is 1.29. The highest BCUT2D eigenvalue weighted by atomic mass is 19.4. The summed E-state index contributed by atoms with van der Waals surface area (Å²) in [5, 5.41) is 3.08. The SMILES string of the molecule is CC1CC(n2c(C(F)(F)F)nc3c2CCNC3)CCO1. The second-order valence-electron chi connectivity index (χ2n) is 5.48. The molecule has 0 bridgehead atoms. The van der Waals surface area contributed by atoms with E-state index in [-0.39, 0.29) is 12.1 Å². The Morgan fingerprint density at radius 3 is 2.90 bits per heavy atom. The van der Waals surface area contributed by atoms with E-state index in [1.807, 2.05) is 6.92 Å². The molecule has 7 heteroatoms. The summed E-state index contributed by atoms with van der Waals surface area (Å²) in [5.74, 6) is -0.745. The first-order valence-electron chi connectivity index (χ1n) is 6.96. The summed E-state index contributed by atoms with van der Waals surface area (Å²) < 4.78 is 46.6. The first kappa shape index (κ1) is 13.9. The quantitative estimate of drug-likeness (QED) is 0.862. The van der Waals surface area contributed by atoms with Gasteiger partial charge in [-0.3, -0.25) is 0 Å². The number of rotatable bonds is 1. The molecule has 2 unspecified atom stereocenters. The molecular formula is C13H18F3N3O. The molecule has 1 N–H and O–H groups in total. The summed E-state index contributed by atoms with van der Waals surface area (Å²) in [6.45, 7) is 3.54. The molecule has 20 heavy (non-hydrogen) atoms.